The van der Waals surface area contributed by atoms with Gasteiger partial charge in [0.25, 0.3) is 5.91 Å². The number of hydrogen-bond acceptors (Lipinski definition) is 7. The summed E-state index contributed by atoms with van der Waals surface area (Å²) < 4.78 is 5.09. The van der Waals surface area contributed by atoms with Crippen LogP contribution in [-0.4, -0.2) is 36.1 Å². The molecule has 8 heteroatoms. The second-order valence-corrected chi connectivity index (χ2v) is 6.46. The van der Waals surface area contributed by atoms with Gasteiger partial charge in [0.1, 0.15) is 17.8 Å². The number of aromatic nitrogens is 2. The summed E-state index contributed by atoms with van der Waals surface area (Å²) in [5, 5.41) is 0. The van der Waals surface area contributed by atoms with E-state index >= 15 is 0 Å². The molecule has 0 spiro atoms. The summed E-state index contributed by atoms with van der Waals surface area (Å²) >= 11 is 0. The standard InChI is InChI=1S/C18H24N6O2/c1-12-4-3-9-24(10-12)17-15(19)16(20-11-21-17)22-23-18(25)13-5-7-14(26-2)8-6-13/h5-8,11-12H,3-4,9-10,19H2,1-2H3,(H,23,25)(H,20,21,22). The molecule has 3 rings (SSSR count). The minimum Gasteiger partial charge on any atom is -0.497 e. The predicted octanol–water partition coefficient (Wildman–Crippen LogP) is 2.06. The quantitative estimate of drug-likeness (QED) is 0.704. The number of carbonyl (C=O) groups is 1. The highest BCUT2D eigenvalue weighted by atomic mass is 16.5. The fraction of sp³-hybridized carbons (Fsp3) is 0.389. The Morgan fingerprint density at radius 1 is 1.31 bits per heavy atom. The highest BCUT2D eigenvalue weighted by Gasteiger charge is 2.21. The van der Waals surface area contributed by atoms with E-state index in [1.54, 1.807) is 31.4 Å². The van der Waals surface area contributed by atoms with Crippen LogP contribution in [0.2, 0.25) is 0 Å². The van der Waals surface area contributed by atoms with Crippen molar-refractivity contribution in [2.45, 2.75) is 19.8 Å². The molecule has 1 amide bonds. The van der Waals surface area contributed by atoms with Crippen molar-refractivity contribution in [1.82, 2.24) is 15.4 Å². The zero-order chi connectivity index (χ0) is 18.5. The molecule has 1 aromatic carbocycles. The Morgan fingerprint density at radius 2 is 2.08 bits per heavy atom. The number of nitrogen functional groups attached to an aromatic ring is 1. The van der Waals surface area contributed by atoms with Crippen molar-refractivity contribution in [2.24, 2.45) is 5.92 Å². The molecular formula is C18H24N6O2. The summed E-state index contributed by atoms with van der Waals surface area (Å²) in [6, 6.07) is 6.81. The molecule has 0 bridgehead atoms. The second kappa shape index (κ2) is 7.90. The third-order valence-electron chi connectivity index (χ3n) is 4.47. The molecule has 8 nitrogen and oxygen atoms in total. The number of rotatable bonds is 5. The summed E-state index contributed by atoms with van der Waals surface area (Å²) in [4.78, 5) is 22.9. The van der Waals surface area contributed by atoms with Gasteiger partial charge in [0.05, 0.1) is 7.11 Å². The second-order valence-electron chi connectivity index (χ2n) is 6.46. The zero-order valence-corrected chi connectivity index (χ0v) is 15.0. The molecule has 0 aliphatic carbocycles. The lowest BCUT2D eigenvalue weighted by atomic mass is 10.0. The van der Waals surface area contributed by atoms with E-state index in [-0.39, 0.29) is 5.91 Å². The Labute approximate surface area is 152 Å². The van der Waals surface area contributed by atoms with Crippen molar-refractivity contribution in [3.8, 4) is 5.75 Å². The predicted molar refractivity (Wildman–Crippen MR) is 101 cm³/mol. The Balaban J connectivity index is 1.67. The maximum atomic E-state index is 12.2. The van der Waals surface area contributed by atoms with Gasteiger partial charge in [-0.3, -0.25) is 15.6 Å². The Bertz CT molecular complexity index is 765. The number of amides is 1. The average molecular weight is 356 g/mol. The minimum atomic E-state index is -0.293. The first-order valence-corrected chi connectivity index (χ1v) is 8.64. The lowest BCUT2D eigenvalue weighted by Crippen LogP contribution is -2.36. The molecule has 1 atom stereocenters. The molecule has 1 unspecified atom stereocenters. The van der Waals surface area contributed by atoms with Crippen LogP contribution in [0.15, 0.2) is 30.6 Å². The molecule has 0 saturated carbocycles. The Hall–Kier alpha value is -3.03. The van der Waals surface area contributed by atoms with Crippen LogP contribution in [0.5, 0.6) is 5.75 Å². The maximum Gasteiger partial charge on any atom is 0.269 e. The third kappa shape index (κ3) is 3.96. The van der Waals surface area contributed by atoms with Crippen molar-refractivity contribution in [3.63, 3.8) is 0 Å². The average Bonchev–Trinajstić information content (AvgIpc) is 2.67. The number of methoxy groups -OCH3 is 1. The van der Waals surface area contributed by atoms with Gasteiger partial charge in [0.2, 0.25) is 0 Å². The van der Waals surface area contributed by atoms with Gasteiger partial charge in [-0.2, -0.15) is 0 Å². The van der Waals surface area contributed by atoms with Gasteiger partial charge in [-0.05, 0) is 43.0 Å². The lowest BCUT2D eigenvalue weighted by molar-refractivity contribution is 0.0962. The first kappa shape index (κ1) is 17.8. The number of ether oxygens (including phenoxy) is 1. The number of hydrogen-bond donors (Lipinski definition) is 3. The van der Waals surface area contributed by atoms with E-state index in [4.69, 9.17) is 10.5 Å². The zero-order valence-electron chi connectivity index (χ0n) is 15.0. The van der Waals surface area contributed by atoms with E-state index in [1.165, 1.54) is 12.7 Å². The Kier molecular flexibility index (Phi) is 5.40. The summed E-state index contributed by atoms with van der Waals surface area (Å²) in [5.74, 6) is 2.08. The van der Waals surface area contributed by atoms with Crippen LogP contribution in [0.25, 0.3) is 0 Å². The fourth-order valence-electron chi connectivity index (χ4n) is 3.05. The van der Waals surface area contributed by atoms with Gasteiger partial charge >= 0.3 is 0 Å². The summed E-state index contributed by atoms with van der Waals surface area (Å²) in [6.45, 7) is 4.06. The molecule has 1 aliphatic heterocycles. The van der Waals surface area contributed by atoms with E-state index in [0.29, 0.717) is 34.6 Å². The summed E-state index contributed by atoms with van der Waals surface area (Å²) in [6.07, 6.45) is 3.78. The molecule has 26 heavy (non-hydrogen) atoms. The number of piperidine rings is 1. The van der Waals surface area contributed by atoms with E-state index < -0.39 is 0 Å². The summed E-state index contributed by atoms with van der Waals surface area (Å²) in [5.41, 5.74) is 12.6. The van der Waals surface area contributed by atoms with Crippen molar-refractivity contribution in [3.05, 3.63) is 36.2 Å². The molecule has 1 fully saturated rings. The normalized spacial score (nSPS) is 16.8. The van der Waals surface area contributed by atoms with E-state index in [9.17, 15) is 4.79 Å². The molecule has 1 aromatic heterocycles. The van der Waals surface area contributed by atoms with Crippen LogP contribution in [-0.2, 0) is 0 Å². The first-order chi connectivity index (χ1) is 12.6. The van der Waals surface area contributed by atoms with Gasteiger partial charge in [0, 0.05) is 18.7 Å². The van der Waals surface area contributed by atoms with Gasteiger partial charge in [-0.25, -0.2) is 9.97 Å². The molecule has 1 aliphatic rings. The molecule has 2 heterocycles. The van der Waals surface area contributed by atoms with Crippen LogP contribution in [0.4, 0.5) is 17.3 Å². The molecule has 2 aromatic rings. The van der Waals surface area contributed by atoms with E-state index in [0.717, 1.165) is 19.5 Å². The van der Waals surface area contributed by atoms with E-state index in [1.807, 2.05) is 0 Å². The highest BCUT2D eigenvalue weighted by Crippen LogP contribution is 2.29. The number of benzene rings is 1. The molecule has 138 valence electrons. The van der Waals surface area contributed by atoms with Gasteiger partial charge < -0.3 is 15.4 Å². The number of nitrogens with one attached hydrogen (secondary N) is 2. The number of carbonyl (C=O) groups excluding carboxylic acids is 1. The molecule has 1 saturated heterocycles. The topological polar surface area (TPSA) is 105 Å². The van der Waals surface area contributed by atoms with Crippen molar-refractivity contribution >= 4 is 23.2 Å². The van der Waals surface area contributed by atoms with Crippen molar-refractivity contribution < 1.29 is 9.53 Å². The smallest absolute Gasteiger partial charge is 0.269 e. The molecule has 4 N–H and O–H groups in total. The number of anilines is 3. The SMILES string of the molecule is COc1ccc(C(=O)NNc2ncnc(N3CCCC(C)C3)c2N)cc1. The number of nitrogens with two attached hydrogens (primary N) is 1. The molecule has 0 radical (unpaired) electrons. The van der Waals surface area contributed by atoms with Crippen LogP contribution < -0.4 is 26.2 Å². The highest BCUT2D eigenvalue weighted by molar-refractivity contribution is 5.95. The monoisotopic (exact) mass is 356 g/mol. The van der Waals surface area contributed by atoms with Gasteiger partial charge in [-0.15, -0.1) is 0 Å². The van der Waals surface area contributed by atoms with Crippen LogP contribution in [0.3, 0.4) is 0 Å². The van der Waals surface area contributed by atoms with Gasteiger partial charge in [-0.1, -0.05) is 6.92 Å². The Morgan fingerprint density at radius 3 is 2.77 bits per heavy atom. The lowest BCUT2D eigenvalue weighted by Gasteiger charge is -2.32. The first-order valence-electron chi connectivity index (χ1n) is 8.64. The van der Waals surface area contributed by atoms with Crippen LogP contribution in [0.1, 0.15) is 30.1 Å². The largest absolute Gasteiger partial charge is 0.497 e. The van der Waals surface area contributed by atoms with Crippen molar-refractivity contribution in [1.29, 1.82) is 0 Å². The number of nitrogens with zero attached hydrogens (tertiary/aromatic N) is 3. The van der Waals surface area contributed by atoms with Crippen molar-refractivity contribution in [2.75, 3.05) is 36.3 Å². The van der Waals surface area contributed by atoms with Crippen LogP contribution in [0, 0.1) is 5.92 Å². The minimum absolute atomic E-state index is 0.293. The van der Waals surface area contributed by atoms with E-state index in [2.05, 4.69) is 32.6 Å². The van der Waals surface area contributed by atoms with Crippen LogP contribution >= 0.6 is 0 Å². The molecular weight excluding hydrogens is 332 g/mol. The van der Waals surface area contributed by atoms with Gasteiger partial charge in [0.15, 0.2) is 11.6 Å². The third-order valence-corrected chi connectivity index (χ3v) is 4.47. The maximum absolute atomic E-state index is 12.2. The summed E-state index contributed by atoms with van der Waals surface area (Å²) in [7, 11) is 1.58. The fourth-order valence-corrected chi connectivity index (χ4v) is 3.05. The number of hydrazine groups is 1.